The third kappa shape index (κ3) is 4.03. The molecule has 0 spiro atoms. The predicted octanol–water partition coefficient (Wildman–Crippen LogP) is 4.30. The Kier molecular flexibility index (Phi) is 5.13. The van der Waals surface area contributed by atoms with Crippen LogP contribution in [0.15, 0.2) is 43.0 Å². The van der Waals surface area contributed by atoms with E-state index in [9.17, 15) is 5.11 Å². The van der Waals surface area contributed by atoms with E-state index in [1.54, 1.807) is 6.08 Å². The highest BCUT2D eigenvalue weighted by Gasteiger charge is 2.40. The lowest BCUT2D eigenvalue weighted by molar-refractivity contribution is 0.0565. The Labute approximate surface area is 118 Å². The van der Waals surface area contributed by atoms with E-state index in [2.05, 4.69) is 40.4 Å². The quantitative estimate of drug-likeness (QED) is 0.643. The van der Waals surface area contributed by atoms with Gasteiger partial charge < -0.3 is 9.53 Å². The normalized spacial score (nSPS) is 15.9. The van der Waals surface area contributed by atoms with Crippen LogP contribution in [-0.4, -0.2) is 19.5 Å². The third-order valence-corrected chi connectivity index (χ3v) is 8.36. The second kappa shape index (κ2) is 6.03. The average Bonchev–Trinajstić information content (AvgIpc) is 2.35. The predicted molar refractivity (Wildman–Crippen MR) is 83.7 cm³/mol. The van der Waals surface area contributed by atoms with Crippen LogP contribution in [-0.2, 0) is 4.43 Å². The average molecular weight is 278 g/mol. The molecule has 0 aliphatic rings. The Bertz CT molecular complexity index is 407. The van der Waals surface area contributed by atoms with Crippen LogP contribution in [0.5, 0.6) is 0 Å². The lowest BCUT2D eigenvalue weighted by atomic mass is 10.1. The van der Waals surface area contributed by atoms with Gasteiger partial charge in [0.2, 0.25) is 0 Å². The first kappa shape index (κ1) is 16.2. The molecule has 0 aliphatic carbocycles. The molecular weight excluding hydrogens is 252 g/mol. The number of hydrogen-bond acceptors (Lipinski definition) is 2. The van der Waals surface area contributed by atoms with Gasteiger partial charge in [0.1, 0.15) is 6.10 Å². The number of aliphatic hydroxyl groups is 1. The van der Waals surface area contributed by atoms with Crippen molar-refractivity contribution in [2.75, 3.05) is 0 Å². The Hall–Kier alpha value is -0.903. The van der Waals surface area contributed by atoms with Gasteiger partial charge in [-0.1, -0.05) is 57.2 Å². The Balaban J connectivity index is 3.04. The molecule has 1 N–H and O–H groups in total. The monoisotopic (exact) mass is 278 g/mol. The van der Waals surface area contributed by atoms with E-state index in [0.29, 0.717) is 0 Å². The highest BCUT2D eigenvalue weighted by atomic mass is 28.4. The summed E-state index contributed by atoms with van der Waals surface area (Å²) in [5.41, 5.74) is 1.000. The van der Waals surface area contributed by atoms with Crippen molar-refractivity contribution in [2.24, 2.45) is 0 Å². The SMILES string of the molecule is C=C[C@@H](O)[C@H](O[Si](C)(C)C(C)(C)C)c1ccccc1. The summed E-state index contributed by atoms with van der Waals surface area (Å²) >= 11 is 0. The van der Waals surface area contributed by atoms with E-state index in [0.717, 1.165) is 5.56 Å². The molecule has 0 aromatic heterocycles. The van der Waals surface area contributed by atoms with Crippen molar-refractivity contribution in [1.82, 2.24) is 0 Å². The summed E-state index contributed by atoms with van der Waals surface area (Å²) in [4.78, 5) is 0. The number of rotatable bonds is 5. The molecular formula is C16H26O2Si. The van der Waals surface area contributed by atoms with E-state index in [1.807, 2.05) is 30.3 Å². The molecule has 19 heavy (non-hydrogen) atoms. The maximum Gasteiger partial charge on any atom is 0.193 e. The van der Waals surface area contributed by atoms with Crippen molar-refractivity contribution >= 4 is 8.32 Å². The molecule has 0 fully saturated rings. The van der Waals surface area contributed by atoms with Crippen LogP contribution in [0.3, 0.4) is 0 Å². The second-order valence-electron chi connectivity index (χ2n) is 6.44. The van der Waals surface area contributed by atoms with Crippen molar-refractivity contribution < 1.29 is 9.53 Å². The van der Waals surface area contributed by atoms with Crippen molar-refractivity contribution in [3.8, 4) is 0 Å². The molecule has 1 aromatic carbocycles. The summed E-state index contributed by atoms with van der Waals surface area (Å²) in [6.07, 6.45) is 0.529. The molecule has 0 unspecified atom stereocenters. The summed E-state index contributed by atoms with van der Waals surface area (Å²) < 4.78 is 6.36. The number of hydrogen-bond donors (Lipinski definition) is 1. The van der Waals surface area contributed by atoms with Crippen LogP contribution in [0.2, 0.25) is 18.1 Å². The molecule has 0 amide bonds. The minimum absolute atomic E-state index is 0.112. The van der Waals surface area contributed by atoms with Crippen molar-refractivity contribution in [3.63, 3.8) is 0 Å². The van der Waals surface area contributed by atoms with Crippen LogP contribution in [0.25, 0.3) is 0 Å². The van der Waals surface area contributed by atoms with Crippen LogP contribution >= 0.6 is 0 Å². The number of benzene rings is 1. The zero-order chi connectivity index (χ0) is 14.7. The number of aliphatic hydroxyl groups excluding tert-OH is 1. The lowest BCUT2D eigenvalue weighted by Gasteiger charge is -2.40. The van der Waals surface area contributed by atoms with Gasteiger partial charge in [-0.05, 0) is 23.7 Å². The van der Waals surface area contributed by atoms with Gasteiger partial charge in [-0.25, -0.2) is 0 Å². The topological polar surface area (TPSA) is 29.5 Å². The first-order valence-electron chi connectivity index (χ1n) is 6.72. The van der Waals surface area contributed by atoms with Gasteiger partial charge in [0, 0.05) is 0 Å². The van der Waals surface area contributed by atoms with E-state index < -0.39 is 14.4 Å². The maximum atomic E-state index is 10.2. The highest BCUT2D eigenvalue weighted by molar-refractivity contribution is 6.74. The zero-order valence-electron chi connectivity index (χ0n) is 12.7. The van der Waals surface area contributed by atoms with Crippen LogP contribution in [0, 0.1) is 0 Å². The Morgan fingerprint density at radius 2 is 1.74 bits per heavy atom. The van der Waals surface area contributed by atoms with Gasteiger partial charge in [0.25, 0.3) is 0 Å². The molecule has 0 heterocycles. The first-order chi connectivity index (χ1) is 8.69. The zero-order valence-corrected chi connectivity index (χ0v) is 13.7. The fourth-order valence-corrected chi connectivity index (χ4v) is 2.86. The van der Waals surface area contributed by atoms with Gasteiger partial charge in [0.15, 0.2) is 8.32 Å². The lowest BCUT2D eigenvalue weighted by Crippen LogP contribution is -2.43. The molecule has 106 valence electrons. The summed E-state index contributed by atoms with van der Waals surface area (Å²) in [7, 11) is -1.94. The first-order valence-corrected chi connectivity index (χ1v) is 9.63. The molecule has 0 saturated heterocycles. The van der Waals surface area contributed by atoms with E-state index in [4.69, 9.17) is 4.43 Å². The van der Waals surface area contributed by atoms with Crippen molar-refractivity contribution in [3.05, 3.63) is 48.6 Å². The van der Waals surface area contributed by atoms with Crippen molar-refractivity contribution in [1.29, 1.82) is 0 Å². The van der Waals surface area contributed by atoms with E-state index >= 15 is 0 Å². The Morgan fingerprint density at radius 1 is 1.21 bits per heavy atom. The van der Waals surface area contributed by atoms with Gasteiger partial charge in [0.05, 0.1) is 6.10 Å². The molecule has 2 nitrogen and oxygen atoms in total. The van der Waals surface area contributed by atoms with E-state index in [-0.39, 0.29) is 11.1 Å². The third-order valence-electron chi connectivity index (χ3n) is 3.91. The minimum Gasteiger partial charge on any atom is -0.407 e. The molecule has 3 heteroatoms. The summed E-state index contributed by atoms with van der Waals surface area (Å²) in [6, 6.07) is 9.88. The van der Waals surface area contributed by atoms with Gasteiger partial charge in [-0.2, -0.15) is 0 Å². The van der Waals surface area contributed by atoms with Gasteiger partial charge in [-0.3, -0.25) is 0 Å². The molecule has 1 aromatic rings. The largest absolute Gasteiger partial charge is 0.407 e. The van der Waals surface area contributed by atoms with Crippen LogP contribution in [0.1, 0.15) is 32.4 Å². The minimum atomic E-state index is -1.94. The molecule has 2 atom stereocenters. The Morgan fingerprint density at radius 3 is 2.16 bits per heavy atom. The smallest absolute Gasteiger partial charge is 0.193 e. The molecule has 0 radical (unpaired) electrons. The summed E-state index contributed by atoms with van der Waals surface area (Å²) in [6.45, 7) is 14.7. The summed E-state index contributed by atoms with van der Waals surface area (Å²) in [5, 5.41) is 10.3. The second-order valence-corrected chi connectivity index (χ2v) is 11.2. The highest BCUT2D eigenvalue weighted by Crippen LogP contribution is 2.40. The standard InChI is InChI=1S/C16H26O2Si/c1-7-14(17)15(13-11-9-8-10-12-13)18-19(5,6)16(2,3)4/h7-12,14-15,17H,1H2,2-6H3/t14-,15-/m1/s1. The molecule has 0 aliphatic heterocycles. The molecule has 1 rings (SSSR count). The van der Waals surface area contributed by atoms with Crippen molar-refractivity contribution in [2.45, 2.75) is 51.1 Å². The van der Waals surface area contributed by atoms with Crippen LogP contribution < -0.4 is 0 Å². The van der Waals surface area contributed by atoms with Crippen LogP contribution in [0.4, 0.5) is 0 Å². The fourth-order valence-electron chi connectivity index (χ4n) is 1.60. The van der Waals surface area contributed by atoms with E-state index in [1.165, 1.54) is 0 Å². The molecule has 0 saturated carbocycles. The maximum absolute atomic E-state index is 10.2. The van der Waals surface area contributed by atoms with Gasteiger partial charge in [-0.15, -0.1) is 6.58 Å². The molecule has 0 bridgehead atoms. The summed E-state index contributed by atoms with van der Waals surface area (Å²) in [5.74, 6) is 0. The van der Waals surface area contributed by atoms with Gasteiger partial charge >= 0.3 is 0 Å². The fraction of sp³-hybridized carbons (Fsp3) is 0.500.